The first-order valence-electron chi connectivity index (χ1n) is 8.56. The number of hydrogen-bond donors (Lipinski definition) is 2. The van der Waals surface area contributed by atoms with E-state index < -0.39 is 0 Å². The van der Waals surface area contributed by atoms with Crippen molar-refractivity contribution >= 4 is 23.0 Å². The molecule has 3 N–H and O–H groups in total. The first kappa shape index (κ1) is 17.9. The van der Waals surface area contributed by atoms with Gasteiger partial charge >= 0.3 is 0 Å². The number of aromatic nitrogens is 1. The lowest BCUT2D eigenvalue weighted by Gasteiger charge is -2.09. The average molecular weight is 366 g/mol. The monoisotopic (exact) mass is 366 g/mol. The van der Waals surface area contributed by atoms with Gasteiger partial charge in [0.05, 0.1) is 10.7 Å². The molecule has 0 spiro atoms. The van der Waals surface area contributed by atoms with Crippen molar-refractivity contribution in [2.24, 2.45) is 10.7 Å². The number of nitrogens with one attached hydrogen (secondary N) is 1. The fourth-order valence-corrected chi connectivity index (χ4v) is 3.15. The highest BCUT2D eigenvalue weighted by atomic mass is 32.1. The van der Waals surface area contributed by atoms with Crippen LogP contribution in [-0.4, -0.2) is 17.5 Å². The molecule has 5 nitrogen and oxygen atoms in total. The van der Waals surface area contributed by atoms with Crippen LogP contribution in [0, 0.1) is 0 Å². The zero-order valence-corrected chi connectivity index (χ0v) is 15.5. The second-order valence-electron chi connectivity index (χ2n) is 5.67. The lowest BCUT2D eigenvalue weighted by molar-refractivity contribution is 0.483. The number of hydrogen-bond acceptors (Lipinski definition) is 4. The van der Waals surface area contributed by atoms with Crippen LogP contribution in [0.3, 0.4) is 0 Å². The van der Waals surface area contributed by atoms with Gasteiger partial charge in [-0.3, -0.25) is 4.99 Å². The fourth-order valence-electron chi connectivity index (χ4n) is 2.37. The van der Waals surface area contributed by atoms with Gasteiger partial charge in [0.2, 0.25) is 0 Å². The third-order valence-corrected chi connectivity index (χ3v) is 4.68. The van der Waals surface area contributed by atoms with E-state index in [9.17, 15) is 0 Å². The van der Waals surface area contributed by atoms with Crippen LogP contribution in [-0.2, 0) is 12.8 Å². The molecule has 0 fully saturated rings. The molecule has 26 heavy (non-hydrogen) atoms. The Kier molecular flexibility index (Phi) is 6.22. The molecule has 0 atom stereocenters. The van der Waals surface area contributed by atoms with Crippen LogP contribution in [0.2, 0.25) is 0 Å². The SMILES string of the molecule is CCc1nc(CCN=C(N)Nc2cccc(Oc3ccccc3)c2)cs1. The summed E-state index contributed by atoms with van der Waals surface area (Å²) >= 11 is 1.69. The van der Waals surface area contributed by atoms with Gasteiger partial charge in [-0.05, 0) is 30.7 Å². The van der Waals surface area contributed by atoms with Crippen molar-refractivity contribution in [1.82, 2.24) is 4.98 Å². The predicted molar refractivity (Wildman–Crippen MR) is 108 cm³/mol. The summed E-state index contributed by atoms with van der Waals surface area (Å²) in [6.07, 6.45) is 1.76. The number of aliphatic imine (C=N–C) groups is 1. The normalized spacial score (nSPS) is 11.3. The first-order chi connectivity index (χ1) is 12.7. The van der Waals surface area contributed by atoms with Crippen LogP contribution < -0.4 is 15.8 Å². The summed E-state index contributed by atoms with van der Waals surface area (Å²) in [5.41, 5.74) is 7.89. The molecule has 3 aromatic rings. The number of para-hydroxylation sites is 1. The van der Waals surface area contributed by atoms with Crippen molar-refractivity contribution in [3.05, 3.63) is 70.7 Å². The molecule has 3 rings (SSSR count). The summed E-state index contributed by atoms with van der Waals surface area (Å²) in [4.78, 5) is 8.90. The zero-order valence-electron chi connectivity index (χ0n) is 14.7. The molecular weight excluding hydrogens is 344 g/mol. The van der Waals surface area contributed by atoms with Crippen molar-refractivity contribution in [3.63, 3.8) is 0 Å². The molecule has 0 aliphatic rings. The van der Waals surface area contributed by atoms with Crippen LogP contribution in [0.1, 0.15) is 17.6 Å². The number of nitrogens with zero attached hydrogens (tertiary/aromatic N) is 2. The Hall–Kier alpha value is -2.86. The smallest absolute Gasteiger partial charge is 0.193 e. The zero-order chi connectivity index (χ0) is 18.2. The molecule has 0 radical (unpaired) electrons. The number of guanidine groups is 1. The van der Waals surface area contributed by atoms with E-state index in [0.717, 1.165) is 40.7 Å². The second kappa shape index (κ2) is 9.01. The number of nitrogens with two attached hydrogens (primary N) is 1. The molecule has 2 aromatic carbocycles. The Labute approximate surface area is 157 Å². The van der Waals surface area contributed by atoms with E-state index in [1.165, 1.54) is 0 Å². The summed E-state index contributed by atoms with van der Waals surface area (Å²) in [5, 5.41) is 6.34. The molecule has 1 aromatic heterocycles. The predicted octanol–water partition coefficient (Wildman–Crippen LogP) is 4.47. The molecular formula is C20H22N4OS. The molecule has 0 saturated heterocycles. The highest BCUT2D eigenvalue weighted by Crippen LogP contribution is 2.23. The van der Waals surface area contributed by atoms with E-state index in [1.54, 1.807) is 11.3 Å². The molecule has 0 amide bonds. The van der Waals surface area contributed by atoms with Gasteiger partial charge in [0, 0.05) is 30.1 Å². The topological polar surface area (TPSA) is 72.5 Å². The van der Waals surface area contributed by atoms with Crippen LogP contribution in [0.4, 0.5) is 5.69 Å². The second-order valence-corrected chi connectivity index (χ2v) is 6.61. The third kappa shape index (κ3) is 5.32. The van der Waals surface area contributed by atoms with E-state index in [4.69, 9.17) is 10.5 Å². The summed E-state index contributed by atoms with van der Waals surface area (Å²) < 4.78 is 5.82. The maximum atomic E-state index is 5.98. The highest BCUT2D eigenvalue weighted by Gasteiger charge is 2.02. The van der Waals surface area contributed by atoms with Crippen LogP contribution >= 0.6 is 11.3 Å². The minimum absolute atomic E-state index is 0.382. The van der Waals surface area contributed by atoms with Crippen molar-refractivity contribution in [2.75, 3.05) is 11.9 Å². The van der Waals surface area contributed by atoms with Crippen molar-refractivity contribution in [2.45, 2.75) is 19.8 Å². The molecule has 0 bridgehead atoms. The number of anilines is 1. The standard InChI is InChI=1S/C20H22N4OS/c1-2-19-23-16(14-26-19)11-12-22-20(21)24-15-7-6-10-18(13-15)25-17-8-4-3-5-9-17/h3-10,13-14H,2,11-12H2,1H3,(H3,21,22,24). The van der Waals surface area contributed by atoms with Gasteiger partial charge in [0.25, 0.3) is 0 Å². The first-order valence-corrected chi connectivity index (χ1v) is 9.44. The quantitative estimate of drug-likeness (QED) is 0.478. The van der Waals surface area contributed by atoms with Gasteiger partial charge < -0.3 is 15.8 Å². The minimum Gasteiger partial charge on any atom is -0.457 e. The molecule has 6 heteroatoms. The van der Waals surface area contributed by atoms with Gasteiger partial charge in [-0.25, -0.2) is 4.98 Å². The van der Waals surface area contributed by atoms with Crippen molar-refractivity contribution in [1.29, 1.82) is 0 Å². The van der Waals surface area contributed by atoms with Gasteiger partial charge in [0.15, 0.2) is 5.96 Å². The number of ether oxygens (including phenoxy) is 1. The van der Waals surface area contributed by atoms with E-state index >= 15 is 0 Å². The van der Waals surface area contributed by atoms with Gasteiger partial charge in [-0.1, -0.05) is 31.2 Å². The molecule has 0 aliphatic carbocycles. The van der Waals surface area contributed by atoms with Crippen LogP contribution in [0.15, 0.2) is 65.0 Å². The van der Waals surface area contributed by atoms with Crippen molar-refractivity contribution < 1.29 is 4.74 Å². The molecule has 0 aliphatic heterocycles. The van der Waals surface area contributed by atoms with E-state index in [1.807, 2.05) is 54.6 Å². The minimum atomic E-state index is 0.382. The summed E-state index contributed by atoms with van der Waals surface area (Å²) in [6, 6.07) is 17.3. The van der Waals surface area contributed by atoms with E-state index in [2.05, 4.69) is 27.6 Å². The molecule has 0 unspecified atom stereocenters. The Bertz CT molecular complexity index is 861. The lowest BCUT2D eigenvalue weighted by atomic mass is 10.3. The number of rotatable bonds is 7. The Morgan fingerprint density at radius 2 is 1.96 bits per heavy atom. The summed E-state index contributed by atoms with van der Waals surface area (Å²) in [6.45, 7) is 2.71. The number of benzene rings is 2. The largest absolute Gasteiger partial charge is 0.457 e. The third-order valence-electron chi connectivity index (χ3n) is 3.64. The van der Waals surface area contributed by atoms with E-state index in [0.29, 0.717) is 12.5 Å². The highest BCUT2D eigenvalue weighted by molar-refractivity contribution is 7.09. The van der Waals surface area contributed by atoms with Crippen LogP contribution in [0.5, 0.6) is 11.5 Å². The summed E-state index contributed by atoms with van der Waals surface area (Å²) in [7, 11) is 0. The maximum absolute atomic E-state index is 5.98. The molecule has 1 heterocycles. The summed E-state index contributed by atoms with van der Waals surface area (Å²) in [5.74, 6) is 1.91. The van der Waals surface area contributed by atoms with Crippen molar-refractivity contribution in [3.8, 4) is 11.5 Å². The molecule has 0 saturated carbocycles. The fraction of sp³-hybridized carbons (Fsp3) is 0.200. The molecule has 134 valence electrons. The lowest BCUT2D eigenvalue weighted by Crippen LogP contribution is -2.23. The van der Waals surface area contributed by atoms with Gasteiger partial charge in [-0.15, -0.1) is 11.3 Å². The van der Waals surface area contributed by atoms with Crippen LogP contribution in [0.25, 0.3) is 0 Å². The maximum Gasteiger partial charge on any atom is 0.193 e. The number of thiazole rings is 1. The van der Waals surface area contributed by atoms with Gasteiger partial charge in [0.1, 0.15) is 11.5 Å². The van der Waals surface area contributed by atoms with E-state index in [-0.39, 0.29) is 0 Å². The van der Waals surface area contributed by atoms with Gasteiger partial charge in [-0.2, -0.15) is 0 Å². The Morgan fingerprint density at radius 3 is 2.73 bits per heavy atom. The number of aryl methyl sites for hydroxylation is 1. The Morgan fingerprint density at radius 1 is 1.15 bits per heavy atom. The Balaban J connectivity index is 1.54. The average Bonchev–Trinajstić information content (AvgIpc) is 3.11.